The normalized spacial score (nSPS) is 16.1. The highest BCUT2D eigenvalue weighted by molar-refractivity contribution is 5.92. The number of rotatable bonds is 6. The summed E-state index contributed by atoms with van der Waals surface area (Å²) in [5.41, 5.74) is 4.86. The van der Waals surface area contributed by atoms with E-state index in [0.29, 0.717) is 17.9 Å². The Balaban J connectivity index is 1.60. The van der Waals surface area contributed by atoms with Crippen molar-refractivity contribution in [3.8, 4) is 5.75 Å². The fourth-order valence-corrected chi connectivity index (χ4v) is 3.96. The quantitative estimate of drug-likeness (QED) is 0.577. The van der Waals surface area contributed by atoms with Gasteiger partial charge in [-0.15, -0.1) is 0 Å². The number of carbonyl (C=O) groups is 1. The molecule has 0 fully saturated rings. The summed E-state index contributed by atoms with van der Waals surface area (Å²) in [5, 5.41) is 10.0. The van der Waals surface area contributed by atoms with E-state index < -0.39 is 5.97 Å². The molecule has 0 spiro atoms. The van der Waals surface area contributed by atoms with E-state index in [1.165, 1.54) is 0 Å². The topological polar surface area (TPSA) is 62.7 Å². The van der Waals surface area contributed by atoms with Gasteiger partial charge in [-0.25, -0.2) is 4.79 Å². The highest BCUT2D eigenvalue weighted by Crippen LogP contribution is 2.39. The zero-order valence-electron chi connectivity index (χ0n) is 17.5. The van der Waals surface area contributed by atoms with Gasteiger partial charge in [-0.2, -0.15) is 0 Å². The van der Waals surface area contributed by atoms with E-state index in [1.807, 2.05) is 91.6 Å². The van der Waals surface area contributed by atoms with E-state index in [-0.39, 0.29) is 5.92 Å². The second-order valence-corrected chi connectivity index (χ2v) is 7.48. The molecule has 2 aromatic carbocycles. The lowest BCUT2D eigenvalue weighted by molar-refractivity contribution is -0.133. The van der Waals surface area contributed by atoms with Gasteiger partial charge >= 0.3 is 5.97 Å². The molecular formula is C26H24N2O3. The van der Waals surface area contributed by atoms with E-state index in [1.54, 1.807) is 12.4 Å². The molecule has 0 saturated heterocycles. The third-order valence-electron chi connectivity index (χ3n) is 5.42. The summed E-state index contributed by atoms with van der Waals surface area (Å²) in [5.74, 6) is -0.517. The van der Waals surface area contributed by atoms with Crippen LogP contribution in [0.4, 0.5) is 5.69 Å². The molecule has 0 saturated carbocycles. The van der Waals surface area contributed by atoms with E-state index >= 15 is 0 Å². The molecule has 1 aliphatic rings. The van der Waals surface area contributed by atoms with Gasteiger partial charge < -0.3 is 14.7 Å². The molecule has 1 atom stereocenters. The standard InChI is InChI=1S/C26H24N2O3/c1-18-15-24(25(26(29)30)19(2)28(18)22-9-6-14-27-16-22)21-10-12-23(13-11-21)31-17-20-7-4-3-5-8-20/h3-16,24H,17H2,1-2H3,(H,29,30). The van der Waals surface area contributed by atoms with Gasteiger partial charge in [0.15, 0.2) is 0 Å². The average Bonchev–Trinajstić information content (AvgIpc) is 2.79. The molecule has 1 aromatic heterocycles. The summed E-state index contributed by atoms with van der Waals surface area (Å²) in [4.78, 5) is 18.3. The van der Waals surface area contributed by atoms with Crippen molar-refractivity contribution in [1.29, 1.82) is 0 Å². The summed E-state index contributed by atoms with van der Waals surface area (Å²) in [6.45, 7) is 4.32. The number of hydrogen-bond acceptors (Lipinski definition) is 4. The summed E-state index contributed by atoms with van der Waals surface area (Å²) < 4.78 is 5.87. The predicted octanol–water partition coefficient (Wildman–Crippen LogP) is 5.53. The van der Waals surface area contributed by atoms with E-state index in [2.05, 4.69) is 4.98 Å². The molecule has 2 heterocycles. The molecule has 0 radical (unpaired) electrons. The third kappa shape index (κ3) is 4.36. The highest BCUT2D eigenvalue weighted by Gasteiger charge is 2.31. The number of pyridine rings is 1. The van der Waals surface area contributed by atoms with Crippen LogP contribution in [0.3, 0.4) is 0 Å². The van der Waals surface area contributed by atoms with Crippen LogP contribution in [-0.4, -0.2) is 16.1 Å². The molecule has 5 heteroatoms. The molecule has 0 bridgehead atoms. The molecule has 3 aromatic rings. The van der Waals surface area contributed by atoms with Crippen LogP contribution in [0.1, 0.15) is 30.9 Å². The Morgan fingerprint density at radius 3 is 2.42 bits per heavy atom. The molecule has 31 heavy (non-hydrogen) atoms. The van der Waals surface area contributed by atoms with E-state index in [0.717, 1.165) is 28.3 Å². The van der Waals surface area contributed by atoms with Crippen LogP contribution in [0.2, 0.25) is 0 Å². The Hall–Kier alpha value is -3.86. The predicted molar refractivity (Wildman–Crippen MR) is 121 cm³/mol. The minimum absolute atomic E-state index is 0.339. The molecule has 1 N–H and O–H groups in total. The summed E-state index contributed by atoms with van der Waals surface area (Å²) in [6, 6.07) is 21.4. The molecule has 0 aliphatic carbocycles. The van der Waals surface area contributed by atoms with Crippen LogP contribution < -0.4 is 9.64 Å². The fourth-order valence-electron chi connectivity index (χ4n) is 3.96. The maximum absolute atomic E-state index is 12.2. The fraction of sp³-hybridized carbons (Fsp3) is 0.154. The van der Waals surface area contributed by atoms with Crippen LogP contribution in [0, 0.1) is 0 Å². The molecule has 4 rings (SSSR count). The molecule has 5 nitrogen and oxygen atoms in total. The number of allylic oxidation sites excluding steroid dienone is 3. The maximum atomic E-state index is 12.2. The lowest BCUT2D eigenvalue weighted by atomic mass is 9.86. The van der Waals surface area contributed by atoms with Gasteiger partial charge in [-0.05, 0) is 49.2 Å². The number of hydrogen-bond donors (Lipinski definition) is 1. The summed E-state index contributed by atoms with van der Waals surface area (Å²) in [7, 11) is 0. The first-order valence-corrected chi connectivity index (χ1v) is 10.1. The highest BCUT2D eigenvalue weighted by atomic mass is 16.5. The smallest absolute Gasteiger partial charge is 0.334 e. The Labute approximate surface area is 181 Å². The Kier molecular flexibility index (Phi) is 5.85. The molecule has 1 aliphatic heterocycles. The first-order valence-electron chi connectivity index (χ1n) is 10.1. The van der Waals surface area contributed by atoms with Crippen LogP contribution in [-0.2, 0) is 11.4 Å². The Morgan fingerprint density at radius 2 is 1.77 bits per heavy atom. The molecular weight excluding hydrogens is 388 g/mol. The second kappa shape index (κ2) is 8.88. The number of carboxylic acids is 1. The van der Waals surface area contributed by atoms with Gasteiger partial charge in [0.1, 0.15) is 12.4 Å². The first-order chi connectivity index (χ1) is 15.0. The monoisotopic (exact) mass is 412 g/mol. The molecule has 1 unspecified atom stereocenters. The van der Waals surface area contributed by atoms with Crippen LogP contribution in [0.15, 0.2) is 102 Å². The van der Waals surface area contributed by atoms with Gasteiger partial charge in [-0.1, -0.05) is 48.5 Å². The number of ether oxygens (including phenoxy) is 1. The van der Waals surface area contributed by atoms with Crippen LogP contribution in [0.5, 0.6) is 5.75 Å². The van der Waals surface area contributed by atoms with Crippen molar-refractivity contribution in [3.05, 3.63) is 113 Å². The second-order valence-electron chi connectivity index (χ2n) is 7.48. The number of benzene rings is 2. The Morgan fingerprint density at radius 1 is 1.03 bits per heavy atom. The van der Waals surface area contributed by atoms with Gasteiger partial charge in [0, 0.05) is 23.5 Å². The van der Waals surface area contributed by atoms with Crippen molar-refractivity contribution in [3.63, 3.8) is 0 Å². The Bertz CT molecular complexity index is 1120. The van der Waals surface area contributed by atoms with Crippen molar-refractivity contribution in [2.45, 2.75) is 26.4 Å². The lowest BCUT2D eigenvalue weighted by Gasteiger charge is -2.34. The zero-order chi connectivity index (χ0) is 21.8. The van der Waals surface area contributed by atoms with Crippen molar-refractivity contribution >= 4 is 11.7 Å². The van der Waals surface area contributed by atoms with Gasteiger partial charge in [0.25, 0.3) is 0 Å². The summed E-state index contributed by atoms with van der Waals surface area (Å²) in [6.07, 6.45) is 5.43. The lowest BCUT2D eigenvalue weighted by Crippen LogP contribution is -2.29. The van der Waals surface area contributed by atoms with Gasteiger partial charge in [0.05, 0.1) is 17.5 Å². The van der Waals surface area contributed by atoms with Gasteiger partial charge in [-0.3, -0.25) is 4.98 Å². The number of aromatic nitrogens is 1. The summed E-state index contributed by atoms with van der Waals surface area (Å²) >= 11 is 0. The van der Waals surface area contributed by atoms with Crippen molar-refractivity contribution < 1.29 is 14.6 Å². The number of carboxylic acid groups (broad SMARTS) is 1. The van der Waals surface area contributed by atoms with Gasteiger partial charge in [0.2, 0.25) is 0 Å². The minimum atomic E-state index is -0.926. The SMILES string of the molecule is CC1=CC(c2ccc(OCc3ccccc3)cc2)C(C(=O)O)=C(C)N1c1cccnc1. The van der Waals surface area contributed by atoms with Crippen molar-refractivity contribution in [2.24, 2.45) is 0 Å². The average molecular weight is 412 g/mol. The van der Waals surface area contributed by atoms with Crippen molar-refractivity contribution in [1.82, 2.24) is 4.98 Å². The van der Waals surface area contributed by atoms with Crippen molar-refractivity contribution in [2.75, 3.05) is 4.90 Å². The molecule has 0 amide bonds. The minimum Gasteiger partial charge on any atom is -0.489 e. The van der Waals surface area contributed by atoms with Crippen LogP contribution >= 0.6 is 0 Å². The van der Waals surface area contributed by atoms with E-state index in [4.69, 9.17) is 4.74 Å². The maximum Gasteiger partial charge on any atom is 0.334 e. The number of aliphatic carboxylic acids is 1. The molecule has 156 valence electrons. The zero-order valence-corrected chi connectivity index (χ0v) is 17.5. The number of nitrogens with zero attached hydrogens (tertiary/aromatic N) is 2. The number of anilines is 1. The van der Waals surface area contributed by atoms with E-state index in [9.17, 15) is 9.90 Å². The first kappa shape index (κ1) is 20.4. The van der Waals surface area contributed by atoms with Crippen LogP contribution in [0.25, 0.3) is 0 Å². The largest absolute Gasteiger partial charge is 0.489 e. The third-order valence-corrected chi connectivity index (χ3v) is 5.42.